The van der Waals surface area contributed by atoms with Crippen LogP contribution < -0.4 is 4.74 Å². The first-order valence-corrected chi connectivity index (χ1v) is 10.7. The summed E-state index contributed by atoms with van der Waals surface area (Å²) in [5.41, 5.74) is 0. The molecule has 0 aromatic heterocycles. The minimum atomic E-state index is -0.313. The Bertz CT molecular complexity index is 606. The predicted octanol–water partition coefficient (Wildman–Crippen LogP) is 6.70. The Labute approximate surface area is 163 Å². The molecule has 148 valence electrons. The van der Waals surface area contributed by atoms with Crippen molar-refractivity contribution in [1.82, 2.24) is 0 Å². The van der Waals surface area contributed by atoms with E-state index in [9.17, 15) is 9.18 Å². The Kier molecular flexibility index (Phi) is 7.49. The molecule has 3 rings (SSSR count). The van der Waals surface area contributed by atoms with Crippen molar-refractivity contribution < 1.29 is 13.9 Å². The largest absolute Gasteiger partial charge is 0.426 e. The Morgan fingerprint density at radius 1 is 1.00 bits per heavy atom. The summed E-state index contributed by atoms with van der Waals surface area (Å²) in [4.78, 5) is 12.4. The van der Waals surface area contributed by atoms with E-state index in [4.69, 9.17) is 4.74 Å². The summed E-state index contributed by atoms with van der Waals surface area (Å²) in [6.45, 7) is 2.10. The summed E-state index contributed by atoms with van der Waals surface area (Å²) in [5.74, 6) is 2.55. The van der Waals surface area contributed by atoms with Crippen LogP contribution in [0.4, 0.5) is 4.39 Å². The number of ether oxygens (including phenoxy) is 1. The van der Waals surface area contributed by atoms with Gasteiger partial charge in [-0.15, -0.1) is 0 Å². The molecule has 2 aliphatic carbocycles. The highest BCUT2D eigenvalue weighted by Crippen LogP contribution is 2.42. The Morgan fingerprint density at radius 3 is 2.19 bits per heavy atom. The molecule has 1 aromatic carbocycles. The maximum Gasteiger partial charge on any atom is 0.314 e. The van der Waals surface area contributed by atoms with Crippen LogP contribution >= 0.6 is 0 Å². The van der Waals surface area contributed by atoms with Crippen LogP contribution in [0.1, 0.15) is 71.1 Å². The van der Waals surface area contributed by atoms with Crippen molar-refractivity contribution in [3.05, 3.63) is 42.2 Å². The van der Waals surface area contributed by atoms with E-state index >= 15 is 0 Å². The van der Waals surface area contributed by atoms with Gasteiger partial charge in [0.05, 0.1) is 5.92 Å². The zero-order valence-corrected chi connectivity index (χ0v) is 16.5. The molecule has 0 bridgehead atoms. The van der Waals surface area contributed by atoms with Crippen molar-refractivity contribution in [2.75, 3.05) is 0 Å². The van der Waals surface area contributed by atoms with Crippen molar-refractivity contribution in [3.8, 4) is 5.75 Å². The lowest BCUT2D eigenvalue weighted by Crippen LogP contribution is -2.30. The summed E-state index contributed by atoms with van der Waals surface area (Å²) in [6.07, 6.45) is 16.7. The Balaban J connectivity index is 1.39. The molecule has 0 spiro atoms. The number of rotatable bonds is 6. The maximum absolute atomic E-state index is 13.0. The van der Waals surface area contributed by atoms with E-state index in [0.717, 1.165) is 43.4 Å². The van der Waals surface area contributed by atoms with E-state index in [1.165, 1.54) is 62.8 Å². The second kappa shape index (κ2) is 10.1. The van der Waals surface area contributed by atoms with E-state index in [-0.39, 0.29) is 17.7 Å². The minimum absolute atomic E-state index is 0.00322. The van der Waals surface area contributed by atoms with Gasteiger partial charge in [0.2, 0.25) is 0 Å². The van der Waals surface area contributed by atoms with Crippen LogP contribution in [-0.2, 0) is 4.79 Å². The summed E-state index contributed by atoms with van der Waals surface area (Å²) >= 11 is 0. The van der Waals surface area contributed by atoms with Gasteiger partial charge in [-0.25, -0.2) is 4.39 Å². The molecule has 0 heterocycles. The van der Waals surface area contributed by atoms with Gasteiger partial charge in [-0.2, -0.15) is 0 Å². The third-order valence-corrected chi connectivity index (χ3v) is 6.67. The zero-order chi connectivity index (χ0) is 19.1. The molecule has 0 aliphatic heterocycles. The molecule has 2 aliphatic rings. The normalized spacial score (nSPS) is 29.0. The SMILES string of the molecule is C/C=C/CCC1CCC(C2CCC(C(=O)Oc3ccc(F)cc3)CC2)CC1. The van der Waals surface area contributed by atoms with Crippen molar-refractivity contribution in [3.63, 3.8) is 0 Å². The Morgan fingerprint density at radius 2 is 1.59 bits per heavy atom. The second-order valence-corrected chi connectivity index (χ2v) is 8.41. The number of esters is 1. The molecular weight excluding hydrogens is 339 g/mol. The molecule has 2 fully saturated rings. The van der Waals surface area contributed by atoms with Gasteiger partial charge >= 0.3 is 5.97 Å². The molecule has 0 N–H and O–H groups in total. The van der Waals surface area contributed by atoms with Crippen LogP contribution in [0.25, 0.3) is 0 Å². The zero-order valence-electron chi connectivity index (χ0n) is 16.5. The van der Waals surface area contributed by atoms with Crippen LogP contribution in [0.2, 0.25) is 0 Å². The van der Waals surface area contributed by atoms with Gasteiger partial charge in [-0.05, 0) is 100 Å². The minimum Gasteiger partial charge on any atom is -0.426 e. The molecule has 0 amide bonds. The van der Waals surface area contributed by atoms with Crippen LogP contribution in [0, 0.1) is 29.5 Å². The number of carbonyl (C=O) groups excluding carboxylic acids is 1. The molecule has 0 atom stereocenters. The number of carbonyl (C=O) groups is 1. The van der Waals surface area contributed by atoms with Gasteiger partial charge in [-0.1, -0.05) is 25.0 Å². The molecule has 3 heteroatoms. The molecule has 0 radical (unpaired) electrons. The van der Waals surface area contributed by atoms with E-state index in [1.807, 2.05) is 0 Å². The lowest BCUT2D eigenvalue weighted by atomic mass is 9.68. The standard InChI is InChI=1S/C24H33FO2/c1-2-3-4-5-18-6-8-19(9-7-18)20-10-12-21(13-11-20)24(26)27-23-16-14-22(25)15-17-23/h2-3,14-21H,4-13H2,1H3/b3-2+. The highest BCUT2D eigenvalue weighted by atomic mass is 19.1. The van der Waals surface area contributed by atoms with E-state index in [2.05, 4.69) is 19.1 Å². The van der Waals surface area contributed by atoms with Gasteiger partial charge in [0.25, 0.3) is 0 Å². The number of halogens is 1. The number of benzene rings is 1. The van der Waals surface area contributed by atoms with Crippen LogP contribution in [0.3, 0.4) is 0 Å². The van der Waals surface area contributed by atoms with Gasteiger partial charge in [0.1, 0.15) is 11.6 Å². The average molecular weight is 373 g/mol. The van der Waals surface area contributed by atoms with Crippen molar-refractivity contribution >= 4 is 5.97 Å². The summed E-state index contributed by atoms with van der Waals surface area (Å²) in [5, 5.41) is 0. The van der Waals surface area contributed by atoms with Gasteiger partial charge in [-0.3, -0.25) is 4.79 Å². The van der Waals surface area contributed by atoms with Crippen LogP contribution in [0.5, 0.6) is 5.75 Å². The van der Waals surface area contributed by atoms with Gasteiger partial charge in [0, 0.05) is 0 Å². The van der Waals surface area contributed by atoms with Crippen molar-refractivity contribution in [2.45, 2.75) is 71.1 Å². The number of hydrogen-bond donors (Lipinski definition) is 0. The van der Waals surface area contributed by atoms with Gasteiger partial charge < -0.3 is 4.74 Å². The van der Waals surface area contributed by atoms with Crippen molar-refractivity contribution in [1.29, 1.82) is 0 Å². The average Bonchev–Trinajstić information content (AvgIpc) is 2.70. The van der Waals surface area contributed by atoms with Crippen molar-refractivity contribution in [2.24, 2.45) is 23.7 Å². The fourth-order valence-corrected chi connectivity index (χ4v) is 4.98. The summed E-state index contributed by atoms with van der Waals surface area (Å²) < 4.78 is 18.4. The fraction of sp³-hybridized carbons (Fsp3) is 0.625. The number of allylic oxidation sites excluding steroid dienone is 2. The quantitative estimate of drug-likeness (QED) is 0.315. The first-order valence-electron chi connectivity index (χ1n) is 10.7. The van der Waals surface area contributed by atoms with Crippen LogP contribution in [0.15, 0.2) is 36.4 Å². The monoisotopic (exact) mass is 372 g/mol. The molecule has 2 saturated carbocycles. The van der Waals surface area contributed by atoms with Gasteiger partial charge in [0.15, 0.2) is 0 Å². The molecule has 0 saturated heterocycles. The summed E-state index contributed by atoms with van der Waals surface area (Å²) in [6, 6.07) is 5.70. The lowest BCUT2D eigenvalue weighted by Gasteiger charge is -2.37. The number of hydrogen-bond acceptors (Lipinski definition) is 2. The first kappa shape index (κ1) is 20.1. The smallest absolute Gasteiger partial charge is 0.314 e. The third kappa shape index (κ3) is 5.92. The van der Waals surface area contributed by atoms with E-state index < -0.39 is 0 Å². The predicted molar refractivity (Wildman–Crippen MR) is 107 cm³/mol. The summed E-state index contributed by atoms with van der Waals surface area (Å²) in [7, 11) is 0. The maximum atomic E-state index is 13.0. The van der Waals surface area contributed by atoms with E-state index in [0.29, 0.717) is 5.75 Å². The fourth-order valence-electron chi connectivity index (χ4n) is 4.98. The highest BCUT2D eigenvalue weighted by molar-refractivity contribution is 5.75. The third-order valence-electron chi connectivity index (χ3n) is 6.67. The molecule has 27 heavy (non-hydrogen) atoms. The Hall–Kier alpha value is -1.64. The molecule has 1 aromatic rings. The first-order chi connectivity index (χ1) is 13.2. The topological polar surface area (TPSA) is 26.3 Å². The second-order valence-electron chi connectivity index (χ2n) is 8.41. The van der Waals surface area contributed by atoms with E-state index in [1.54, 1.807) is 0 Å². The van der Waals surface area contributed by atoms with Crippen LogP contribution in [-0.4, -0.2) is 5.97 Å². The molecule has 0 unspecified atom stereocenters. The molecule has 2 nitrogen and oxygen atoms in total. The lowest BCUT2D eigenvalue weighted by molar-refractivity contribution is -0.140. The highest BCUT2D eigenvalue weighted by Gasteiger charge is 2.33. The molecular formula is C24H33FO2.